The fourth-order valence-electron chi connectivity index (χ4n) is 2.71. The lowest BCUT2D eigenvalue weighted by Crippen LogP contribution is -2.29. The first-order valence-corrected chi connectivity index (χ1v) is 8.33. The van der Waals surface area contributed by atoms with E-state index in [0.717, 1.165) is 0 Å². The van der Waals surface area contributed by atoms with E-state index in [1.165, 1.54) is 0 Å². The van der Waals surface area contributed by atoms with E-state index in [1.54, 1.807) is 36.4 Å². The van der Waals surface area contributed by atoms with Crippen LogP contribution >= 0.6 is 23.2 Å². The van der Waals surface area contributed by atoms with Gasteiger partial charge in [0.05, 0.1) is 9.79 Å². The van der Waals surface area contributed by atoms with E-state index in [1.807, 2.05) is 13.8 Å². The van der Waals surface area contributed by atoms with Gasteiger partial charge >= 0.3 is 0 Å². The maximum Gasteiger partial charge on any atom is 0.207 e. The topological polar surface area (TPSA) is 34.1 Å². The van der Waals surface area contributed by atoms with Crippen molar-refractivity contribution >= 4 is 33.0 Å². The predicted octanol–water partition coefficient (Wildman–Crippen LogP) is 4.47. The molecule has 1 heterocycles. The summed E-state index contributed by atoms with van der Waals surface area (Å²) in [6, 6.07) is 9.80. The van der Waals surface area contributed by atoms with Crippen molar-refractivity contribution in [2.45, 2.75) is 29.1 Å². The number of hydrogen-bond donors (Lipinski definition) is 0. The van der Waals surface area contributed by atoms with Crippen molar-refractivity contribution in [2.24, 2.45) is 0 Å². The Kier molecular flexibility index (Phi) is 2.95. The first-order chi connectivity index (χ1) is 9.24. The Morgan fingerprint density at radius 1 is 0.850 bits per heavy atom. The van der Waals surface area contributed by atoms with Crippen molar-refractivity contribution in [3.05, 3.63) is 57.6 Å². The molecule has 0 spiro atoms. The van der Waals surface area contributed by atoms with Crippen molar-refractivity contribution in [1.82, 2.24) is 0 Å². The molecule has 2 aromatic rings. The van der Waals surface area contributed by atoms with Gasteiger partial charge in [-0.15, -0.1) is 0 Å². The molecule has 0 fully saturated rings. The molecular weight excluding hydrogens is 315 g/mol. The Bertz CT molecular complexity index is 762. The second-order valence-corrected chi connectivity index (χ2v) is 8.17. The van der Waals surface area contributed by atoms with Crippen LogP contribution in [0.4, 0.5) is 0 Å². The van der Waals surface area contributed by atoms with E-state index in [0.29, 0.717) is 31.0 Å². The highest BCUT2D eigenvalue weighted by molar-refractivity contribution is 7.91. The third-order valence-corrected chi connectivity index (χ3v) is 6.15. The summed E-state index contributed by atoms with van der Waals surface area (Å²) < 4.78 is 25.4. The van der Waals surface area contributed by atoms with Crippen LogP contribution in [0, 0.1) is 0 Å². The number of benzene rings is 2. The highest BCUT2D eigenvalue weighted by Crippen LogP contribution is 2.46. The van der Waals surface area contributed by atoms with Gasteiger partial charge in [0.1, 0.15) is 0 Å². The molecule has 0 saturated carbocycles. The molecule has 0 N–H and O–H groups in total. The monoisotopic (exact) mass is 326 g/mol. The summed E-state index contributed by atoms with van der Waals surface area (Å²) in [7, 11) is -3.52. The third-order valence-electron chi connectivity index (χ3n) is 3.81. The van der Waals surface area contributed by atoms with Crippen LogP contribution in [0.15, 0.2) is 46.2 Å². The molecule has 0 aromatic heterocycles. The second kappa shape index (κ2) is 4.23. The van der Waals surface area contributed by atoms with Crippen LogP contribution in [0.5, 0.6) is 0 Å². The smallest absolute Gasteiger partial charge is 0.207 e. The van der Waals surface area contributed by atoms with Gasteiger partial charge in [-0.05, 0) is 47.5 Å². The summed E-state index contributed by atoms with van der Waals surface area (Å²) >= 11 is 12.1. The van der Waals surface area contributed by atoms with E-state index in [-0.39, 0.29) is 0 Å². The average Bonchev–Trinajstić information content (AvgIpc) is 2.36. The third kappa shape index (κ3) is 1.80. The van der Waals surface area contributed by atoms with Crippen LogP contribution in [-0.2, 0) is 15.3 Å². The largest absolute Gasteiger partial charge is 0.218 e. The quantitative estimate of drug-likeness (QED) is 0.716. The zero-order valence-electron chi connectivity index (χ0n) is 10.9. The van der Waals surface area contributed by atoms with Crippen molar-refractivity contribution in [1.29, 1.82) is 0 Å². The Morgan fingerprint density at radius 2 is 1.25 bits per heavy atom. The zero-order valence-corrected chi connectivity index (χ0v) is 13.3. The second-order valence-electron chi connectivity index (χ2n) is 5.41. The van der Waals surface area contributed by atoms with Crippen LogP contribution in [0.2, 0.25) is 10.0 Å². The number of hydrogen-bond acceptors (Lipinski definition) is 2. The maximum atomic E-state index is 12.7. The summed E-state index contributed by atoms with van der Waals surface area (Å²) in [5, 5.41) is 1.05. The van der Waals surface area contributed by atoms with Gasteiger partial charge in [-0.1, -0.05) is 37.0 Å². The Labute approximate surface area is 128 Å². The van der Waals surface area contributed by atoms with Crippen molar-refractivity contribution in [3.63, 3.8) is 0 Å². The maximum absolute atomic E-state index is 12.7. The van der Waals surface area contributed by atoms with Gasteiger partial charge < -0.3 is 0 Å². The van der Waals surface area contributed by atoms with Gasteiger partial charge in [0.2, 0.25) is 9.84 Å². The first-order valence-electron chi connectivity index (χ1n) is 6.10. The summed E-state index contributed by atoms with van der Waals surface area (Å²) in [6.07, 6.45) is 0. The predicted molar refractivity (Wildman–Crippen MR) is 80.5 cm³/mol. The molecular formula is C15H12Cl2O2S. The Morgan fingerprint density at radius 3 is 1.65 bits per heavy atom. The van der Waals surface area contributed by atoms with E-state index in [9.17, 15) is 8.42 Å². The SMILES string of the molecule is CC1(C)c2cc(Cl)ccc2S(=O)(=O)c2ccc(Cl)cc21. The summed E-state index contributed by atoms with van der Waals surface area (Å²) in [4.78, 5) is 0.642. The highest BCUT2D eigenvalue weighted by atomic mass is 35.5. The molecule has 0 atom stereocenters. The van der Waals surface area contributed by atoms with Gasteiger partial charge in [0, 0.05) is 15.5 Å². The minimum absolute atomic E-state index is 0.321. The fourth-order valence-corrected chi connectivity index (χ4v) is 5.00. The highest BCUT2D eigenvalue weighted by Gasteiger charge is 2.40. The minimum Gasteiger partial charge on any atom is -0.218 e. The van der Waals surface area contributed by atoms with Crippen molar-refractivity contribution in [2.75, 3.05) is 0 Å². The molecule has 104 valence electrons. The molecule has 2 nitrogen and oxygen atoms in total. The zero-order chi connectivity index (χ0) is 14.7. The lowest BCUT2D eigenvalue weighted by molar-refractivity contribution is 0.555. The van der Waals surface area contributed by atoms with Gasteiger partial charge in [-0.25, -0.2) is 8.42 Å². The molecule has 0 unspecified atom stereocenters. The van der Waals surface area contributed by atoms with Gasteiger partial charge in [0.25, 0.3) is 0 Å². The first kappa shape index (κ1) is 13.9. The Balaban J connectivity index is 2.47. The fraction of sp³-hybridized carbons (Fsp3) is 0.200. The van der Waals surface area contributed by atoms with Crippen LogP contribution in [0.1, 0.15) is 25.0 Å². The molecule has 0 bridgehead atoms. The van der Waals surface area contributed by atoms with E-state index in [4.69, 9.17) is 23.2 Å². The molecule has 0 aliphatic carbocycles. The van der Waals surface area contributed by atoms with E-state index < -0.39 is 15.3 Å². The molecule has 2 aromatic carbocycles. The lowest BCUT2D eigenvalue weighted by atomic mass is 9.77. The molecule has 0 amide bonds. The molecule has 1 aliphatic heterocycles. The molecule has 3 rings (SSSR count). The molecule has 1 aliphatic rings. The van der Waals surface area contributed by atoms with Gasteiger partial charge in [-0.2, -0.15) is 0 Å². The van der Waals surface area contributed by atoms with Crippen LogP contribution < -0.4 is 0 Å². The summed E-state index contributed by atoms with van der Waals surface area (Å²) in [5.41, 5.74) is 0.950. The average molecular weight is 327 g/mol. The number of halogens is 2. The summed E-state index contributed by atoms with van der Waals surface area (Å²) in [5.74, 6) is 0. The van der Waals surface area contributed by atoms with Crippen LogP contribution in [-0.4, -0.2) is 8.42 Å². The van der Waals surface area contributed by atoms with Crippen molar-refractivity contribution < 1.29 is 8.42 Å². The van der Waals surface area contributed by atoms with Crippen molar-refractivity contribution in [3.8, 4) is 0 Å². The summed E-state index contributed by atoms with van der Waals surface area (Å²) in [6.45, 7) is 3.96. The Hall–Kier alpha value is -1.03. The number of sulfone groups is 1. The number of fused-ring (bicyclic) bond motifs is 2. The number of rotatable bonds is 0. The normalized spacial score (nSPS) is 18.2. The lowest BCUT2D eigenvalue weighted by Gasteiger charge is -2.34. The molecule has 0 saturated heterocycles. The van der Waals surface area contributed by atoms with Crippen LogP contribution in [0.3, 0.4) is 0 Å². The van der Waals surface area contributed by atoms with Crippen LogP contribution in [0.25, 0.3) is 0 Å². The standard InChI is InChI=1S/C15H12Cl2O2S/c1-15(2)11-7-9(16)3-5-13(11)20(18,19)14-6-4-10(17)8-12(14)15/h3-8H,1-2H3. The van der Waals surface area contributed by atoms with E-state index >= 15 is 0 Å². The molecule has 0 radical (unpaired) electrons. The minimum atomic E-state index is -3.52. The van der Waals surface area contributed by atoms with Gasteiger partial charge in [0.15, 0.2) is 0 Å². The molecule has 20 heavy (non-hydrogen) atoms. The van der Waals surface area contributed by atoms with Gasteiger partial charge in [-0.3, -0.25) is 0 Å². The van der Waals surface area contributed by atoms with E-state index in [2.05, 4.69) is 0 Å². The molecule has 5 heteroatoms.